The molecule has 2 aromatic heterocycles. The maximum atomic E-state index is 12.5. The smallest absolute Gasteiger partial charge is 0.226 e. The summed E-state index contributed by atoms with van der Waals surface area (Å²) in [7, 11) is 3.82. The van der Waals surface area contributed by atoms with E-state index >= 15 is 0 Å². The summed E-state index contributed by atoms with van der Waals surface area (Å²) in [6, 6.07) is 2.14. The average molecular weight is 289 g/mol. The van der Waals surface area contributed by atoms with Crippen molar-refractivity contribution in [2.45, 2.75) is 25.8 Å². The van der Waals surface area contributed by atoms with E-state index in [-0.39, 0.29) is 11.8 Å². The van der Waals surface area contributed by atoms with Crippen LogP contribution < -0.4 is 0 Å². The van der Waals surface area contributed by atoms with Crippen molar-refractivity contribution in [1.82, 2.24) is 14.5 Å². The van der Waals surface area contributed by atoms with Crippen LogP contribution in [0.5, 0.6) is 0 Å². The molecule has 2 atom stereocenters. The third-order valence-electron chi connectivity index (χ3n) is 4.02. The third-order valence-corrected chi connectivity index (χ3v) is 5.17. The second kappa shape index (κ2) is 5.05. The summed E-state index contributed by atoms with van der Waals surface area (Å²) in [5.41, 5.74) is 1.32. The molecule has 0 radical (unpaired) electrons. The fourth-order valence-corrected chi connectivity index (χ4v) is 3.75. The SMILES string of the molecule is Cc1ccsc1C1CC1C(=O)N(C)Cc1nccn1C. The highest BCUT2D eigenvalue weighted by atomic mass is 32.1. The Morgan fingerprint density at radius 1 is 1.60 bits per heavy atom. The van der Waals surface area contributed by atoms with Crippen molar-refractivity contribution in [3.8, 4) is 0 Å². The van der Waals surface area contributed by atoms with Crippen molar-refractivity contribution in [3.05, 3.63) is 40.1 Å². The molecule has 0 aromatic carbocycles. The summed E-state index contributed by atoms with van der Waals surface area (Å²) in [4.78, 5) is 19.9. The second-order valence-corrected chi connectivity index (χ2v) is 6.51. The summed E-state index contributed by atoms with van der Waals surface area (Å²) >= 11 is 1.77. The Balaban J connectivity index is 1.63. The van der Waals surface area contributed by atoms with Gasteiger partial charge in [0.25, 0.3) is 0 Å². The van der Waals surface area contributed by atoms with Crippen molar-refractivity contribution >= 4 is 17.2 Å². The lowest BCUT2D eigenvalue weighted by Crippen LogP contribution is -2.29. The van der Waals surface area contributed by atoms with Crippen LogP contribution in [0.15, 0.2) is 23.8 Å². The Morgan fingerprint density at radius 3 is 3.00 bits per heavy atom. The summed E-state index contributed by atoms with van der Waals surface area (Å²) in [6.45, 7) is 2.71. The van der Waals surface area contributed by atoms with Gasteiger partial charge in [-0.1, -0.05) is 0 Å². The number of rotatable bonds is 4. The fraction of sp³-hybridized carbons (Fsp3) is 0.467. The number of amides is 1. The summed E-state index contributed by atoms with van der Waals surface area (Å²) in [6.07, 6.45) is 4.66. The van der Waals surface area contributed by atoms with E-state index in [1.807, 2.05) is 24.9 Å². The molecule has 2 heterocycles. The first-order valence-electron chi connectivity index (χ1n) is 6.83. The third kappa shape index (κ3) is 2.38. The van der Waals surface area contributed by atoms with E-state index in [2.05, 4.69) is 23.4 Å². The van der Waals surface area contributed by atoms with Gasteiger partial charge in [-0.3, -0.25) is 4.79 Å². The molecule has 3 rings (SSSR count). The number of aromatic nitrogens is 2. The van der Waals surface area contributed by atoms with Gasteiger partial charge in [0.05, 0.1) is 6.54 Å². The van der Waals surface area contributed by atoms with Gasteiger partial charge in [-0.2, -0.15) is 0 Å². The highest BCUT2D eigenvalue weighted by Crippen LogP contribution is 2.51. The number of carbonyl (C=O) groups excluding carboxylic acids is 1. The maximum absolute atomic E-state index is 12.5. The monoisotopic (exact) mass is 289 g/mol. The van der Waals surface area contributed by atoms with Gasteiger partial charge < -0.3 is 9.47 Å². The molecule has 2 unspecified atom stereocenters. The minimum Gasteiger partial charge on any atom is -0.338 e. The van der Waals surface area contributed by atoms with Crippen molar-refractivity contribution in [2.75, 3.05) is 7.05 Å². The number of hydrogen-bond acceptors (Lipinski definition) is 3. The number of carbonyl (C=O) groups is 1. The van der Waals surface area contributed by atoms with Crippen LogP contribution in [-0.4, -0.2) is 27.4 Å². The minimum atomic E-state index is 0.164. The normalized spacial score (nSPS) is 20.9. The van der Waals surface area contributed by atoms with E-state index in [1.165, 1.54) is 10.4 Å². The van der Waals surface area contributed by atoms with Crippen molar-refractivity contribution in [2.24, 2.45) is 13.0 Å². The largest absolute Gasteiger partial charge is 0.338 e. The number of imidazole rings is 1. The van der Waals surface area contributed by atoms with Crippen LogP contribution in [0.25, 0.3) is 0 Å². The van der Waals surface area contributed by atoms with Crippen LogP contribution in [0.2, 0.25) is 0 Å². The van der Waals surface area contributed by atoms with Gasteiger partial charge in [0.15, 0.2) is 0 Å². The number of thiophene rings is 1. The Labute approximate surface area is 123 Å². The van der Waals surface area contributed by atoms with Gasteiger partial charge in [-0.15, -0.1) is 11.3 Å². The first-order chi connectivity index (χ1) is 9.58. The van der Waals surface area contributed by atoms with Crippen molar-refractivity contribution in [3.63, 3.8) is 0 Å². The molecular formula is C15H19N3OS. The molecule has 0 saturated heterocycles. The molecule has 1 aliphatic carbocycles. The lowest BCUT2D eigenvalue weighted by atomic mass is 10.2. The zero-order chi connectivity index (χ0) is 14.3. The topological polar surface area (TPSA) is 38.1 Å². The predicted molar refractivity (Wildman–Crippen MR) is 79.6 cm³/mol. The molecule has 2 aromatic rings. The summed E-state index contributed by atoms with van der Waals surface area (Å²) < 4.78 is 1.96. The minimum absolute atomic E-state index is 0.164. The zero-order valence-corrected chi connectivity index (χ0v) is 12.9. The van der Waals surface area contributed by atoms with Crippen LogP contribution in [0.4, 0.5) is 0 Å². The molecule has 4 nitrogen and oxygen atoms in total. The lowest BCUT2D eigenvalue weighted by Gasteiger charge is -2.17. The van der Waals surface area contributed by atoms with Gasteiger partial charge in [0, 0.05) is 43.2 Å². The molecule has 0 bridgehead atoms. The Kier molecular flexibility index (Phi) is 3.38. The standard InChI is InChI=1S/C15H19N3OS/c1-10-4-7-20-14(10)11-8-12(11)15(19)18(3)9-13-16-5-6-17(13)2/h4-7,11-12H,8-9H2,1-3H3. The van der Waals surface area contributed by atoms with Crippen LogP contribution in [0, 0.1) is 12.8 Å². The molecular weight excluding hydrogens is 270 g/mol. The van der Waals surface area contributed by atoms with Gasteiger partial charge in [0.2, 0.25) is 5.91 Å². The average Bonchev–Trinajstić information content (AvgIpc) is 2.94. The van der Waals surface area contributed by atoms with E-state index in [0.29, 0.717) is 12.5 Å². The summed E-state index contributed by atoms with van der Waals surface area (Å²) in [5.74, 6) is 1.76. The highest BCUT2D eigenvalue weighted by molar-refractivity contribution is 7.10. The number of nitrogens with zero attached hydrogens (tertiary/aromatic N) is 3. The van der Waals surface area contributed by atoms with Crippen LogP contribution >= 0.6 is 11.3 Å². The van der Waals surface area contributed by atoms with Crippen LogP contribution in [0.3, 0.4) is 0 Å². The van der Waals surface area contributed by atoms with Crippen LogP contribution in [-0.2, 0) is 18.4 Å². The van der Waals surface area contributed by atoms with E-state index in [9.17, 15) is 4.79 Å². The molecule has 1 aliphatic rings. The Morgan fingerprint density at radius 2 is 2.40 bits per heavy atom. The van der Waals surface area contributed by atoms with Gasteiger partial charge in [0.1, 0.15) is 5.82 Å². The van der Waals surface area contributed by atoms with Gasteiger partial charge in [-0.25, -0.2) is 4.98 Å². The van der Waals surface area contributed by atoms with E-state index in [1.54, 1.807) is 22.4 Å². The highest BCUT2D eigenvalue weighted by Gasteiger charge is 2.46. The molecule has 106 valence electrons. The summed E-state index contributed by atoms with van der Waals surface area (Å²) in [5, 5.41) is 2.11. The Hall–Kier alpha value is -1.62. The van der Waals surface area contributed by atoms with E-state index in [0.717, 1.165) is 12.2 Å². The quantitative estimate of drug-likeness (QED) is 0.867. The van der Waals surface area contributed by atoms with E-state index in [4.69, 9.17) is 0 Å². The Bertz CT molecular complexity index is 627. The second-order valence-electron chi connectivity index (χ2n) is 5.57. The molecule has 0 spiro atoms. The molecule has 1 amide bonds. The number of hydrogen-bond donors (Lipinski definition) is 0. The van der Waals surface area contributed by atoms with Crippen LogP contribution in [0.1, 0.15) is 28.6 Å². The first-order valence-corrected chi connectivity index (χ1v) is 7.71. The van der Waals surface area contributed by atoms with Gasteiger partial charge >= 0.3 is 0 Å². The maximum Gasteiger partial charge on any atom is 0.226 e. The first kappa shape index (κ1) is 13.4. The molecule has 1 fully saturated rings. The van der Waals surface area contributed by atoms with E-state index < -0.39 is 0 Å². The zero-order valence-electron chi connectivity index (χ0n) is 12.0. The van der Waals surface area contributed by atoms with Crippen molar-refractivity contribution < 1.29 is 4.79 Å². The van der Waals surface area contributed by atoms with Crippen molar-refractivity contribution in [1.29, 1.82) is 0 Å². The molecule has 20 heavy (non-hydrogen) atoms. The van der Waals surface area contributed by atoms with Gasteiger partial charge in [-0.05, 0) is 30.4 Å². The molecule has 1 saturated carbocycles. The lowest BCUT2D eigenvalue weighted by molar-refractivity contribution is -0.132. The number of aryl methyl sites for hydroxylation is 2. The molecule has 0 N–H and O–H groups in total. The predicted octanol–water partition coefficient (Wildman–Crippen LogP) is 2.55. The fourth-order valence-electron chi connectivity index (χ4n) is 2.64. The molecule has 0 aliphatic heterocycles. The molecule has 5 heteroatoms.